The van der Waals surface area contributed by atoms with Gasteiger partial charge in [0, 0.05) is 36.2 Å². The average Bonchev–Trinajstić information content (AvgIpc) is 2.83. The molecule has 0 spiro atoms. The zero-order valence-electron chi connectivity index (χ0n) is 13.3. The maximum Gasteiger partial charge on any atom is 0.251 e. The number of ketones is 1. The first kappa shape index (κ1) is 15.9. The van der Waals surface area contributed by atoms with Gasteiger partial charge < -0.3 is 10.2 Å². The van der Waals surface area contributed by atoms with Gasteiger partial charge in [0.2, 0.25) is 0 Å². The van der Waals surface area contributed by atoms with Gasteiger partial charge in [0.25, 0.3) is 5.91 Å². The number of thioether (sulfide) groups is 1. The summed E-state index contributed by atoms with van der Waals surface area (Å²) in [5.41, 5.74) is 2.98. The Morgan fingerprint density at radius 1 is 1.30 bits per heavy atom. The summed E-state index contributed by atoms with van der Waals surface area (Å²) in [5.74, 6) is 0.126. The van der Waals surface area contributed by atoms with Gasteiger partial charge >= 0.3 is 0 Å². The largest absolute Gasteiger partial charge is 0.362 e. The van der Waals surface area contributed by atoms with Crippen molar-refractivity contribution in [1.29, 1.82) is 0 Å². The van der Waals surface area contributed by atoms with Crippen molar-refractivity contribution in [3.8, 4) is 0 Å². The van der Waals surface area contributed by atoms with Crippen molar-refractivity contribution < 1.29 is 9.59 Å². The van der Waals surface area contributed by atoms with E-state index in [2.05, 4.69) is 10.2 Å². The molecule has 1 aliphatic carbocycles. The molecule has 2 aliphatic rings. The van der Waals surface area contributed by atoms with Crippen LogP contribution in [-0.2, 0) is 4.79 Å². The second-order valence-corrected chi connectivity index (χ2v) is 7.15. The minimum absolute atomic E-state index is 0.0385. The standard InChI is InChI=1S/C18H20N2O2S/c1-12-3-5-13(6-4-12)18(22)19-10-9-17-20(2)15-8-7-14(21)11-16(15)23-17/h3-8,17H,9-11H2,1-2H3,(H,19,22). The molecule has 0 bridgehead atoms. The van der Waals surface area contributed by atoms with Gasteiger partial charge in [-0.15, -0.1) is 11.8 Å². The van der Waals surface area contributed by atoms with E-state index >= 15 is 0 Å². The predicted octanol–water partition coefficient (Wildman–Crippen LogP) is 2.86. The number of aryl methyl sites for hydroxylation is 1. The number of carbonyl (C=O) groups is 2. The van der Waals surface area contributed by atoms with E-state index in [1.807, 2.05) is 44.3 Å². The highest BCUT2D eigenvalue weighted by atomic mass is 32.2. The summed E-state index contributed by atoms with van der Waals surface area (Å²) in [7, 11) is 2.04. The summed E-state index contributed by atoms with van der Waals surface area (Å²) >= 11 is 1.74. The zero-order chi connectivity index (χ0) is 16.4. The van der Waals surface area contributed by atoms with Crippen molar-refractivity contribution in [1.82, 2.24) is 10.2 Å². The highest BCUT2D eigenvalue weighted by Gasteiger charge is 2.30. The topological polar surface area (TPSA) is 49.4 Å². The molecule has 1 aromatic carbocycles. The third-order valence-electron chi connectivity index (χ3n) is 4.13. The first-order valence-electron chi connectivity index (χ1n) is 7.73. The lowest BCUT2D eigenvalue weighted by Gasteiger charge is -2.23. The third-order valence-corrected chi connectivity index (χ3v) is 5.59. The van der Waals surface area contributed by atoms with Crippen LogP contribution in [0.3, 0.4) is 0 Å². The van der Waals surface area contributed by atoms with Crippen LogP contribution in [0.2, 0.25) is 0 Å². The van der Waals surface area contributed by atoms with E-state index in [0.29, 0.717) is 18.5 Å². The van der Waals surface area contributed by atoms with Crippen molar-refractivity contribution in [3.05, 3.63) is 58.1 Å². The number of allylic oxidation sites excluding steroid dienone is 3. The Balaban J connectivity index is 1.50. The molecule has 0 radical (unpaired) electrons. The molecule has 3 rings (SSSR count). The summed E-state index contributed by atoms with van der Waals surface area (Å²) < 4.78 is 0. The molecule has 1 aliphatic heterocycles. The first-order valence-corrected chi connectivity index (χ1v) is 8.61. The summed E-state index contributed by atoms with van der Waals surface area (Å²) in [5, 5.41) is 3.25. The number of carbonyl (C=O) groups excluding carboxylic acids is 2. The number of benzene rings is 1. The molecule has 0 saturated carbocycles. The molecule has 4 nitrogen and oxygen atoms in total. The lowest BCUT2D eigenvalue weighted by atomic mass is 10.1. The number of hydrogen-bond acceptors (Lipinski definition) is 4. The second kappa shape index (κ2) is 6.62. The molecule has 1 atom stereocenters. The van der Waals surface area contributed by atoms with Crippen LogP contribution in [0.15, 0.2) is 47.0 Å². The molecule has 0 aromatic heterocycles. The van der Waals surface area contributed by atoms with Crippen LogP contribution >= 0.6 is 11.8 Å². The van der Waals surface area contributed by atoms with E-state index in [4.69, 9.17) is 0 Å². The zero-order valence-corrected chi connectivity index (χ0v) is 14.2. The maximum atomic E-state index is 12.1. The normalized spacial score (nSPS) is 20.0. The van der Waals surface area contributed by atoms with Gasteiger partial charge in [0.1, 0.15) is 0 Å². The number of nitrogens with zero attached hydrogens (tertiary/aromatic N) is 1. The van der Waals surface area contributed by atoms with Crippen LogP contribution in [-0.4, -0.2) is 35.6 Å². The van der Waals surface area contributed by atoms with E-state index in [1.165, 1.54) is 0 Å². The summed E-state index contributed by atoms with van der Waals surface area (Å²) in [6.07, 6.45) is 4.90. The second-order valence-electron chi connectivity index (χ2n) is 5.88. The highest BCUT2D eigenvalue weighted by molar-refractivity contribution is 8.03. The molecule has 0 fully saturated rings. The van der Waals surface area contributed by atoms with Crippen LogP contribution in [0.25, 0.3) is 0 Å². The molecule has 0 saturated heterocycles. The van der Waals surface area contributed by atoms with Crippen LogP contribution in [0.4, 0.5) is 0 Å². The Hall–Kier alpha value is -2.01. The van der Waals surface area contributed by atoms with Crippen LogP contribution in [0.5, 0.6) is 0 Å². The van der Waals surface area contributed by atoms with Crippen molar-refractivity contribution >= 4 is 23.5 Å². The van der Waals surface area contributed by atoms with E-state index < -0.39 is 0 Å². The van der Waals surface area contributed by atoms with Crippen LogP contribution in [0, 0.1) is 6.92 Å². The average molecular weight is 328 g/mol. The fourth-order valence-electron chi connectivity index (χ4n) is 2.76. The molecule has 1 N–H and O–H groups in total. The van der Waals surface area contributed by atoms with Gasteiger partial charge in [-0.2, -0.15) is 0 Å². The number of nitrogens with one attached hydrogen (secondary N) is 1. The summed E-state index contributed by atoms with van der Waals surface area (Å²) in [4.78, 5) is 26.9. The summed E-state index contributed by atoms with van der Waals surface area (Å²) in [6.45, 7) is 2.62. The lowest BCUT2D eigenvalue weighted by Crippen LogP contribution is -2.31. The molecule has 120 valence electrons. The van der Waals surface area contributed by atoms with Crippen molar-refractivity contribution in [3.63, 3.8) is 0 Å². The number of amides is 1. The Morgan fingerprint density at radius 2 is 2.04 bits per heavy atom. The quantitative estimate of drug-likeness (QED) is 0.923. The number of hydrogen-bond donors (Lipinski definition) is 1. The number of rotatable bonds is 4. The van der Waals surface area contributed by atoms with Gasteiger partial charge in [-0.05, 0) is 37.6 Å². The fraction of sp³-hybridized carbons (Fsp3) is 0.333. The predicted molar refractivity (Wildman–Crippen MR) is 93.1 cm³/mol. The van der Waals surface area contributed by atoms with Crippen molar-refractivity contribution in [2.45, 2.75) is 25.1 Å². The molecule has 1 amide bonds. The van der Waals surface area contributed by atoms with Crippen molar-refractivity contribution in [2.75, 3.05) is 13.6 Å². The Labute approximate surface area is 140 Å². The van der Waals surface area contributed by atoms with E-state index in [0.717, 1.165) is 22.6 Å². The van der Waals surface area contributed by atoms with Crippen LogP contribution in [0.1, 0.15) is 28.8 Å². The smallest absolute Gasteiger partial charge is 0.251 e. The Morgan fingerprint density at radius 3 is 2.78 bits per heavy atom. The fourth-order valence-corrected chi connectivity index (χ4v) is 4.15. The van der Waals surface area contributed by atoms with E-state index in [9.17, 15) is 9.59 Å². The molecule has 1 heterocycles. The van der Waals surface area contributed by atoms with Gasteiger partial charge in [-0.3, -0.25) is 9.59 Å². The summed E-state index contributed by atoms with van der Waals surface area (Å²) in [6, 6.07) is 7.57. The first-order chi connectivity index (χ1) is 11.0. The SMILES string of the molecule is Cc1ccc(C(=O)NCCC2SC3=C(C=CC(=O)C3)N2C)cc1. The molecule has 1 aromatic rings. The maximum absolute atomic E-state index is 12.1. The van der Waals surface area contributed by atoms with Crippen molar-refractivity contribution in [2.24, 2.45) is 0 Å². The number of likely N-dealkylation sites (N-methyl/N-ethyl adjacent to an activating group) is 1. The van der Waals surface area contributed by atoms with Gasteiger partial charge in [-0.25, -0.2) is 0 Å². The van der Waals surface area contributed by atoms with E-state index in [-0.39, 0.29) is 17.1 Å². The molecule has 5 heteroatoms. The minimum atomic E-state index is -0.0385. The minimum Gasteiger partial charge on any atom is -0.362 e. The lowest BCUT2D eigenvalue weighted by molar-refractivity contribution is -0.114. The van der Waals surface area contributed by atoms with Crippen LogP contribution < -0.4 is 5.32 Å². The van der Waals surface area contributed by atoms with Gasteiger partial charge in [-0.1, -0.05) is 17.7 Å². The Kier molecular flexibility index (Phi) is 4.57. The van der Waals surface area contributed by atoms with Gasteiger partial charge in [0.15, 0.2) is 5.78 Å². The molecular weight excluding hydrogens is 308 g/mol. The molecule has 23 heavy (non-hydrogen) atoms. The Bertz CT molecular complexity index is 691. The monoisotopic (exact) mass is 328 g/mol. The third kappa shape index (κ3) is 3.50. The molecule has 1 unspecified atom stereocenters. The highest BCUT2D eigenvalue weighted by Crippen LogP contribution is 2.42. The van der Waals surface area contributed by atoms with Gasteiger partial charge in [0.05, 0.1) is 5.37 Å². The van der Waals surface area contributed by atoms with E-state index in [1.54, 1.807) is 17.8 Å². The molecular formula is C18H20N2O2S.